The number of hydrogen-bond donors (Lipinski definition) is 3. The largest absolute Gasteiger partial charge is 0.444 e. The van der Waals surface area contributed by atoms with Crippen LogP contribution in [0, 0.1) is 0 Å². The number of hydrogen-bond acceptors (Lipinski definition) is 4. The van der Waals surface area contributed by atoms with Crippen molar-refractivity contribution in [2.45, 2.75) is 32.5 Å². The maximum Gasteiger partial charge on any atom is 0.412 e. The zero-order valence-corrected chi connectivity index (χ0v) is 10.9. The molecule has 0 saturated carbocycles. The average Bonchev–Trinajstić information content (AvgIpc) is 2.26. The Balaban J connectivity index is 2.81. The van der Waals surface area contributed by atoms with Gasteiger partial charge in [0.25, 0.3) is 0 Å². The highest BCUT2D eigenvalue weighted by Crippen LogP contribution is 2.22. The monoisotopic (exact) mass is 252 g/mol. The number of aliphatic hydroxyl groups is 1. The van der Waals surface area contributed by atoms with Crippen molar-refractivity contribution < 1.29 is 14.6 Å². The molecule has 18 heavy (non-hydrogen) atoms. The number of para-hydroxylation sites is 1. The number of rotatable bonds is 3. The number of ether oxygens (including phenoxy) is 1. The number of carbonyl (C=O) groups is 1. The summed E-state index contributed by atoms with van der Waals surface area (Å²) < 4.78 is 5.15. The summed E-state index contributed by atoms with van der Waals surface area (Å²) in [4.78, 5) is 11.6. The predicted molar refractivity (Wildman–Crippen MR) is 70.3 cm³/mol. The SMILES string of the molecule is CC(C)(C)OC(=O)Nc1ccccc1[C@@H](O)CN. The molecule has 0 spiro atoms. The quantitative estimate of drug-likeness (QED) is 0.768. The Morgan fingerprint density at radius 2 is 2.06 bits per heavy atom. The first-order valence-electron chi connectivity index (χ1n) is 5.80. The number of carbonyl (C=O) groups excluding carboxylic acids is 1. The summed E-state index contributed by atoms with van der Waals surface area (Å²) in [6.07, 6.45) is -1.37. The van der Waals surface area contributed by atoms with Crippen molar-refractivity contribution in [3.05, 3.63) is 29.8 Å². The van der Waals surface area contributed by atoms with Gasteiger partial charge in [-0.15, -0.1) is 0 Å². The molecule has 1 aromatic rings. The van der Waals surface area contributed by atoms with Gasteiger partial charge in [0.2, 0.25) is 0 Å². The van der Waals surface area contributed by atoms with Crippen LogP contribution in [0.5, 0.6) is 0 Å². The van der Waals surface area contributed by atoms with Crippen LogP contribution in [0.4, 0.5) is 10.5 Å². The van der Waals surface area contributed by atoms with Crippen molar-refractivity contribution in [2.75, 3.05) is 11.9 Å². The van der Waals surface area contributed by atoms with Crippen LogP contribution in [0.2, 0.25) is 0 Å². The van der Waals surface area contributed by atoms with Crippen LogP contribution in [0.1, 0.15) is 32.4 Å². The Hall–Kier alpha value is -1.59. The van der Waals surface area contributed by atoms with Gasteiger partial charge in [-0.25, -0.2) is 4.79 Å². The highest BCUT2D eigenvalue weighted by atomic mass is 16.6. The molecule has 4 N–H and O–H groups in total. The summed E-state index contributed by atoms with van der Waals surface area (Å²) in [5, 5.41) is 12.3. The molecule has 0 radical (unpaired) electrons. The van der Waals surface area contributed by atoms with Crippen molar-refractivity contribution >= 4 is 11.8 Å². The number of anilines is 1. The molecule has 0 saturated heterocycles. The van der Waals surface area contributed by atoms with E-state index in [2.05, 4.69) is 5.32 Å². The lowest BCUT2D eigenvalue weighted by Crippen LogP contribution is -2.27. The van der Waals surface area contributed by atoms with E-state index < -0.39 is 17.8 Å². The first-order chi connectivity index (χ1) is 8.33. The first-order valence-corrected chi connectivity index (χ1v) is 5.80. The van der Waals surface area contributed by atoms with Crippen LogP contribution in [0.15, 0.2) is 24.3 Å². The van der Waals surface area contributed by atoms with E-state index in [0.717, 1.165) is 0 Å². The molecule has 0 fully saturated rings. The Labute approximate surface area is 107 Å². The lowest BCUT2D eigenvalue weighted by molar-refractivity contribution is 0.0635. The number of aliphatic hydroxyl groups excluding tert-OH is 1. The minimum atomic E-state index is -0.809. The number of nitrogens with two attached hydrogens (primary N) is 1. The first kappa shape index (κ1) is 14.5. The lowest BCUT2D eigenvalue weighted by Gasteiger charge is -2.21. The summed E-state index contributed by atoms with van der Waals surface area (Å²) in [6.45, 7) is 5.45. The van der Waals surface area contributed by atoms with E-state index >= 15 is 0 Å². The van der Waals surface area contributed by atoms with Gasteiger partial charge in [-0.3, -0.25) is 5.32 Å². The summed E-state index contributed by atoms with van der Waals surface area (Å²) >= 11 is 0. The molecule has 0 bridgehead atoms. The Morgan fingerprint density at radius 3 is 2.61 bits per heavy atom. The smallest absolute Gasteiger partial charge is 0.412 e. The van der Waals surface area contributed by atoms with Crippen LogP contribution in [0.3, 0.4) is 0 Å². The maximum absolute atomic E-state index is 11.6. The van der Waals surface area contributed by atoms with Gasteiger partial charge in [0.1, 0.15) is 5.60 Å². The van der Waals surface area contributed by atoms with E-state index in [-0.39, 0.29) is 6.54 Å². The highest BCUT2D eigenvalue weighted by molar-refractivity contribution is 5.86. The van der Waals surface area contributed by atoms with Crippen molar-refractivity contribution in [3.8, 4) is 0 Å². The van der Waals surface area contributed by atoms with Crippen LogP contribution < -0.4 is 11.1 Å². The molecule has 0 heterocycles. The normalized spacial score (nSPS) is 12.9. The molecule has 1 amide bonds. The van der Waals surface area contributed by atoms with E-state index in [1.165, 1.54) is 0 Å². The average molecular weight is 252 g/mol. The molecule has 5 heteroatoms. The van der Waals surface area contributed by atoms with Gasteiger partial charge in [-0.1, -0.05) is 18.2 Å². The summed E-state index contributed by atoms with van der Waals surface area (Å²) in [6, 6.07) is 6.94. The van der Waals surface area contributed by atoms with Gasteiger partial charge in [-0.2, -0.15) is 0 Å². The van der Waals surface area contributed by atoms with Gasteiger partial charge < -0.3 is 15.6 Å². The standard InChI is InChI=1S/C13H20N2O3/c1-13(2,3)18-12(17)15-10-7-5-4-6-9(10)11(16)8-14/h4-7,11,16H,8,14H2,1-3H3,(H,15,17)/t11-/m0/s1. The van der Waals surface area contributed by atoms with Crippen molar-refractivity contribution in [3.63, 3.8) is 0 Å². The third-order valence-electron chi connectivity index (χ3n) is 2.18. The predicted octanol–water partition coefficient (Wildman–Crippen LogP) is 2.03. The summed E-state index contributed by atoms with van der Waals surface area (Å²) in [7, 11) is 0. The molecule has 5 nitrogen and oxygen atoms in total. The third kappa shape index (κ3) is 4.35. The molecule has 1 atom stereocenters. The molecule has 0 aliphatic heterocycles. The van der Waals surface area contributed by atoms with Crippen molar-refractivity contribution in [2.24, 2.45) is 5.73 Å². The molecule has 1 rings (SSSR count). The van der Waals surface area contributed by atoms with E-state index in [0.29, 0.717) is 11.3 Å². The summed E-state index contributed by atoms with van der Waals surface area (Å²) in [5.41, 5.74) is 5.93. The minimum absolute atomic E-state index is 0.0903. The molecule has 0 aliphatic carbocycles. The maximum atomic E-state index is 11.6. The van der Waals surface area contributed by atoms with Crippen LogP contribution in [0.25, 0.3) is 0 Å². The fraction of sp³-hybridized carbons (Fsp3) is 0.462. The second-order valence-corrected chi connectivity index (χ2v) is 4.97. The topological polar surface area (TPSA) is 84.6 Å². The minimum Gasteiger partial charge on any atom is -0.444 e. The van der Waals surface area contributed by atoms with Gasteiger partial charge >= 0.3 is 6.09 Å². The van der Waals surface area contributed by atoms with Gasteiger partial charge in [0.15, 0.2) is 0 Å². The Morgan fingerprint density at radius 1 is 1.44 bits per heavy atom. The zero-order valence-electron chi connectivity index (χ0n) is 10.9. The Bertz CT molecular complexity index is 413. The fourth-order valence-electron chi connectivity index (χ4n) is 1.44. The number of benzene rings is 1. The van der Waals surface area contributed by atoms with E-state index in [1.54, 1.807) is 45.0 Å². The van der Waals surface area contributed by atoms with Gasteiger partial charge in [-0.05, 0) is 26.8 Å². The molecule has 0 unspecified atom stereocenters. The second-order valence-electron chi connectivity index (χ2n) is 4.97. The number of amides is 1. The molecule has 0 aromatic heterocycles. The molecular weight excluding hydrogens is 232 g/mol. The number of nitrogens with one attached hydrogen (secondary N) is 1. The van der Waals surface area contributed by atoms with E-state index in [4.69, 9.17) is 10.5 Å². The van der Waals surface area contributed by atoms with Crippen molar-refractivity contribution in [1.29, 1.82) is 0 Å². The van der Waals surface area contributed by atoms with E-state index in [1.807, 2.05) is 0 Å². The third-order valence-corrected chi connectivity index (χ3v) is 2.18. The molecule has 1 aromatic carbocycles. The molecule has 0 aliphatic rings. The highest BCUT2D eigenvalue weighted by Gasteiger charge is 2.18. The molecule has 100 valence electrons. The van der Waals surface area contributed by atoms with Crippen LogP contribution in [-0.4, -0.2) is 23.3 Å². The van der Waals surface area contributed by atoms with Gasteiger partial charge in [0.05, 0.1) is 6.10 Å². The van der Waals surface area contributed by atoms with Gasteiger partial charge in [0, 0.05) is 17.8 Å². The summed E-state index contributed by atoms with van der Waals surface area (Å²) in [5.74, 6) is 0. The second kappa shape index (κ2) is 5.84. The van der Waals surface area contributed by atoms with Crippen molar-refractivity contribution in [1.82, 2.24) is 0 Å². The lowest BCUT2D eigenvalue weighted by atomic mass is 10.1. The Kier molecular flexibility index (Phi) is 4.69. The van der Waals surface area contributed by atoms with E-state index in [9.17, 15) is 9.90 Å². The van der Waals surface area contributed by atoms with Crippen LogP contribution in [-0.2, 0) is 4.74 Å². The fourth-order valence-corrected chi connectivity index (χ4v) is 1.44. The molecular formula is C13H20N2O3. The van der Waals surface area contributed by atoms with Crippen LogP contribution >= 0.6 is 0 Å². The zero-order chi connectivity index (χ0) is 13.8.